The van der Waals surface area contributed by atoms with Gasteiger partial charge in [0, 0.05) is 11.1 Å². The molecule has 0 radical (unpaired) electrons. The summed E-state index contributed by atoms with van der Waals surface area (Å²) >= 11 is 0. The van der Waals surface area contributed by atoms with E-state index in [0.29, 0.717) is 23.7 Å². The molecular weight excluding hydrogens is 583 g/mol. The highest BCUT2D eigenvalue weighted by Crippen LogP contribution is 2.38. The number of aryl methyl sites for hydroxylation is 2. The normalized spacial score (nSPS) is 12.5. The summed E-state index contributed by atoms with van der Waals surface area (Å²) in [6.45, 7) is 22.4. The van der Waals surface area contributed by atoms with Crippen LogP contribution in [0, 0.1) is 13.8 Å². The smallest absolute Gasteiger partial charge is 0.0966 e. The van der Waals surface area contributed by atoms with Crippen molar-refractivity contribution in [2.75, 3.05) is 0 Å². The molecule has 0 saturated heterocycles. The van der Waals surface area contributed by atoms with Crippen molar-refractivity contribution in [2.45, 2.75) is 92.9 Å². The van der Waals surface area contributed by atoms with Crippen LogP contribution in [0.1, 0.15) is 135 Å². The number of aliphatic imine (C=N–C) groups is 2. The topological polar surface area (TPSA) is 37.6 Å². The third-order valence-corrected chi connectivity index (χ3v) is 8.89. The van der Waals surface area contributed by atoms with Gasteiger partial charge >= 0.3 is 0 Å². The molecule has 0 fully saturated rings. The Kier molecular flexibility index (Phi) is 10.9. The van der Waals surface area contributed by atoms with E-state index in [1.807, 2.05) is 0 Å². The van der Waals surface area contributed by atoms with Gasteiger partial charge in [0.15, 0.2) is 0 Å². The molecule has 0 atom stereocenters. The molecule has 0 aliphatic rings. The summed E-state index contributed by atoms with van der Waals surface area (Å²) in [6.07, 6.45) is 0. The molecule has 0 saturated carbocycles. The molecule has 246 valence electrons. The van der Waals surface area contributed by atoms with Crippen molar-refractivity contribution in [3.63, 3.8) is 0 Å². The van der Waals surface area contributed by atoms with E-state index in [-0.39, 0.29) is 0 Å². The molecule has 1 heterocycles. The van der Waals surface area contributed by atoms with Gasteiger partial charge in [0.1, 0.15) is 0 Å². The van der Waals surface area contributed by atoms with Gasteiger partial charge in [-0.05, 0) is 71.9 Å². The summed E-state index contributed by atoms with van der Waals surface area (Å²) in [5.41, 5.74) is 15.1. The fourth-order valence-electron chi connectivity index (χ4n) is 6.34. The van der Waals surface area contributed by atoms with E-state index in [4.69, 9.17) is 15.0 Å². The van der Waals surface area contributed by atoms with Crippen molar-refractivity contribution >= 4 is 22.8 Å². The van der Waals surface area contributed by atoms with E-state index < -0.39 is 0 Å². The minimum Gasteiger partial charge on any atom is -0.246 e. The van der Waals surface area contributed by atoms with Crippen molar-refractivity contribution in [3.05, 3.63) is 159 Å². The van der Waals surface area contributed by atoms with Gasteiger partial charge in [0.2, 0.25) is 0 Å². The van der Waals surface area contributed by atoms with E-state index in [9.17, 15) is 0 Å². The predicted molar refractivity (Wildman–Crippen MR) is 206 cm³/mol. The zero-order valence-electron chi connectivity index (χ0n) is 30.5. The lowest BCUT2D eigenvalue weighted by Crippen LogP contribution is -2.12. The Morgan fingerprint density at radius 1 is 0.438 bits per heavy atom. The number of hydrogen-bond donors (Lipinski definition) is 0. The molecule has 0 aliphatic carbocycles. The monoisotopic (exact) mass is 633 g/mol. The van der Waals surface area contributed by atoms with Gasteiger partial charge in [-0.15, -0.1) is 0 Å². The van der Waals surface area contributed by atoms with Crippen LogP contribution in [0.2, 0.25) is 0 Å². The molecule has 0 N–H and O–H groups in total. The predicted octanol–water partition coefficient (Wildman–Crippen LogP) is 12.5. The Balaban J connectivity index is 1.80. The Bertz CT molecular complexity index is 1730. The Hall–Kier alpha value is -4.63. The zero-order valence-corrected chi connectivity index (χ0v) is 30.5. The van der Waals surface area contributed by atoms with Crippen LogP contribution in [-0.2, 0) is 0 Å². The lowest BCUT2D eigenvalue weighted by molar-refractivity contribution is 0.831. The second-order valence-electron chi connectivity index (χ2n) is 14.3. The maximum Gasteiger partial charge on any atom is 0.0966 e. The molecule has 1 aromatic heterocycles. The van der Waals surface area contributed by atoms with E-state index in [0.717, 1.165) is 45.3 Å². The summed E-state index contributed by atoms with van der Waals surface area (Å²) in [5, 5.41) is 0. The number of rotatable bonds is 10. The summed E-state index contributed by atoms with van der Waals surface area (Å²) in [7, 11) is 0. The minimum atomic E-state index is 0.328. The molecule has 5 aromatic rings. The third kappa shape index (κ3) is 7.73. The van der Waals surface area contributed by atoms with Gasteiger partial charge < -0.3 is 0 Å². The Morgan fingerprint density at radius 2 is 0.750 bits per heavy atom. The summed E-state index contributed by atoms with van der Waals surface area (Å²) in [6, 6.07) is 36.4. The molecule has 0 amide bonds. The van der Waals surface area contributed by atoms with Gasteiger partial charge in [0.05, 0.1) is 34.2 Å². The van der Waals surface area contributed by atoms with Gasteiger partial charge in [-0.25, -0.2) is 15.0 Å². The SMILES string of the molecule is Cc1cc(C(C)C)c(N=C(c2ccccc2)c2cccc(C(=Nc3c(C(C)C)cc(C)cc3C(C)C)c3ccccc3)n2)c(C(C)C)c1. The largest absolute Gasteiger partial charge is 0.246 e. The van der Waals surface area contributed by atoms with Gasteiger partial charge in [0.25, 0.3) is 0 Å². The van der Waals surface area contributed by atoms with Gasteiger partial charge in [-0.3, -0.25) is 0 Å². The third-order valence-electron chi connectivity index (χ3n) is 8.89. The molecule has 4 aromatic carbocycles. The fraction of sp³-hybridized carbons (Fsp3) is 0.311. The van der Waals surface area contributed by atoms with Crippen molar-refractivity contribution in [1.82, 2.24) is 4.98 Å². The molecular formula is C45H51N3. The second kappa shape index (κ2) is 15.1. The van der Waals surface area contributed by atoms with Crippen LogP contribution in [0.25, 0.3) is 0 Å². The van der Waals surface area contributed by atoms with Crippen LogP contribution >= 0.6 is 0 Å². The van der Waals surface area contributed by atoms with Crippen LogP contribution in [0.4, 0.5) is 11.4 Å². The van der Waals surface area contributed by atoms with Crippen molar-refractivity contribution in [2.24, 2.45) is 9.98 Å². The first-order valence-corrected chi connectivity index (χ1v) is 17.5. The van der Waals surface area contributed by atoms with Crippen LogP contribution < -0.4 is 0 Å². The Labute approximate surface area is 289 Å². The molecule has 0 spiro atoms. The average Bonchev–Trinajstić information content (AvgIpc) is 3.07. The van der Waals surface area contributed by atoms with E-state index in [2.05, 4.69) is 172 Å². The first-order chi connectivity index (χ1) is 22.9. The van der Waals surface area contributed by atoms with Crippen molar-refractivity contribution in [3.8, 4) is 0 Å². The summed E-state index contributed by atoms with van der Waals surface area (Å²) in [5.74, 6) is 1.31. The van der Waals surface area contributed by atoms with E-state index in [1.54, 1.807) is 0 Å². The standard InChI is InChI=1S/C45H51N3/c1-28(2)36-24-32(9)25-37(29(3)4)44(36)47-42(34-18-13-11-14-19-34)40-22-17-23-41(46-40)43(35-20-15-12-16-21-35)48-45-38(30(5)6)26-33(10)27-39(45)31(7)8/h11-31H,1-10H3. The molecule has 3 nitrogen and oxygen atoms in total. The minimum absolute atomic E-state index is 0.328. The number of nitrogens with zero attached hydrogens (tertiary/aromatic N) is 3. The second-order valence-corrected chi connectivity index (χ2v) is 14.3. The highest BCUT2D eigenvalue weighted by atomic mass is 14.9. The van der Waals surface area contributed by atoms with Crippen LogP contribution in [0.5, 0.6) is 0 Å². The van der Waals surface area contributed by atoms with Crippen LogP contribution in [0.15, 0.2) is 113 Å². The van der Waals surface area contributed by atoms with Gasteiger partial charge in [-0.1, -0.05) is 158 Å². The number of aromatic nitrogens is 1. The molecule has 5 rings (SSSR count). The maximum absolute atomic E-state index is 5.54. The lowest BCUT2D eigenvalue weighted by atomic mass is 9.90. The van der Waals surface area contributed by atoms with Gasteiger partial charge in [-0.2, -0.15) is 0 Å². The summed E-state index contributed by atoms with van der Waals surface area (Å²) < 4.78 is 0. The Morgan fingerprint density at radius 3 is 1.04 bits per heavy atom. The first-order valence-electron chi connectivity index (χ1n) is 17.5. The fourth-order valence-corrected chi connectivity index (χ4v) is 6.34. The summed E-state index contributed by atoms with van der Waals surface area (Å²) in [4.78, 5) is 16.5. The van der Waals surface area contributed by atoms with Crippen molar-refractivity contribution in [1.29, 1.82) is 0 Å². The average molecular weight is 634 g/mol. The lowest BCUT2D eigenvalue weighted by Gasteiger charge is -2.20. The molecule has 0 bridgehead atoms. The number of benzene rings is 4. The molecule has 3 heteroatoms. The van der Waals surface area contributed by atoms with E-state index >= 15 is 0 Å². The zero-order chi connectivity index (χ0) is 34.5. The molecule has 0 aliphatic heterocycles. The number of pyridine rings is 1. The first kappa shape index (κ1) is 34.7. The molecule has 0 unspecified atom stereocenters. The van der Waals surface area contributed by atoms with Crippen LogP contribution in [-0.4, -0.2) is 16.4 Å². The number of hydrogen-bond acceptors (Lipinski definition) is 3. The highest BCUT2D eigenvalue weighted by Gasteiger charge is 2.21. The van der Waals surface area contributed by atoms with Crippen molar-refractivity contribution < 1.29 is 0 Å². The van der Waals surface area contributed by atoms with Crippen LogP contribution in [0.3, 0.4) is 0 Å². The molecule has 48 heavy (non-hydrogen) atoms. The quantitative estimate of drug-likeness (QED) is 0.141. The highest BCUT2D eigenvalue weighted by molar-refractivity contribution is 6.16. The maximum atomic E-state index is 5.54. The van der Waals surface area contributed by atoms with E-state index in [1.165, 1.54) is 33.4 Å².